The van der Waals surface area contributed by atoms with Crippen LogP contribution in [0.1, 0.15) is 16.1 Å². The van der Waals surface area contributed by atoms with E-state index in [1.165, 1.54) is 6.07 Å². The molecule has 82 valence electrons. The van der Waals surface area contributed by atoms with Crippen molar-refractivity contribution in [2.24, 2.45) is 0 Å². The number of nitrogens with one attached hydrogen (secondary N) is 1. The zero-order chi connectivity index (χ0) is 11.7. The Hall–Kier alpha value is -2.30. The lowest BCUT2D eigenvalue weighted by Gasteiger charge is -2.00. The second kappa shape index (κ2) is 3.69. The number of phenolic OH excluding ortho intramolecular Hbond substituents is 1. The summed E-state index contributed by atoms with van der Waals surface area (Å²) in [5.74, 6) is -0.841. The molecule has 0 saturated heterocycles. The van der Waals surface area contributed by atoms with Gasteiger partial charge in [-0.3, -0.25) is 5.10 Å². The van der Waals surface area contributed by atoms with Gasteiger partial charge in [0, 0.05) is 5.56 Å². The number of hydrogen-bond donors (Lipinski definition) is 3. The van der Waals surface area contributed by atoms with E-state index in [9.17, 15) is 9.90 Å². The van der Waals surface area contributed by atoms with Crippen molar-refractivity contribution >= 4 is 5.97 Å². The van der Waals surface area contributed by atoms with Crippen LogP contribution < -0.4 is 0 Å². The van der Waals surface area contributed by atoms with E-state index >= 15 is 0 Å². The highest BCUT2D eigenvalue weighted by molar-refractivity contribution is 5.86. The van der Waals surface area contributed by atoms with E-state index in [1.807, 2.05) is 0 Å². The average molecular weight is 218 g/mol. The SMILES string of the molecule is Cc1cc(-c2cc(C(=O)O)[nH]n2)ccc1O. The molecule has 0 aliphatic heterocycles. The lowest BCUT2D eigenvalue weighted by atomic mass is 10.1. The number of benzene rings is 1. The van der Waals surface area contributed by atoms with Crippen LogP contribution in [-0.4, -0.2) is 26.4 Å². The first-order chi connectivity index (χ1) is 7.58. The molecule has 0 aliphatic carbocycles. The van der Waals surface area contributed by atoms with Crippen LogP contribution in [0.3, 0.4) is 0 Å². The van der Waals surface area contributed by atoms with Crippen molar-refractivity contribution in [3.8, 4) is 17.0 Å². The molecule has 5 heteroatoms. The summed E-state index contributed by atoms with van der Waals surface area (Å²) in [5, 5.41) is 24.4. The summed E-state index contributed by atoms with van der Waals surface area (Å²) in [7, 11) is 0. The van der Waals surface area contributed by atoms with Crippen molar-refractivity contribution < 1.29 is 15.0 Å². The van der Waals surface area contributed by atoms with E-state index in [4.69, 9.17) is 5.11 Å². The topological polar surface area (TPSA) is 86.2 Å². The predicted molar refractivity (Wildman–Crippen MR) is 57.4 cm³/mol. The summed E-state index contributed by atoms with van der Waals surface area (Å²) in [6.45, 7) is 1.77. The Morgan fingerprint density at radius 2 is 2.12 bits per heavy atom. The second-order valence-corrected chi connectivity index (χ2v) is 3.47. The van der Waals surface area contributed by atoms with Gasteiger partial charge < -0.3 is 10.2 Å². The van der Waals surface area contributed by atoms with Crippen LogP contribution in [-0.2, 0) is 0 Å². The Kier molecular flexibility index (Phi) is 2.36. The van der Waals surface area contributed by atoms with Gasteiger partial charge in [0.25, 0.3) is 0 Å². The Balaban J connectivity index is 2.42. The maximum Gasteiger partial charge on any atom is 0.353 e. The first-order valence-corrected chi connectivity index (χ1v) is 4.66. The number of H-pyrrole nitrogens is 1. The maximum atomic E-state index is 10.7. The highest BCUT2D eigenvalue weighted by atomic mass is 16.4. The summed E-state index contributed by atoms with van der Waals surface area (Å²) < 4.78 is 0. The number of aromatic carboxylic acids is 1. The minimum atomic E-state index is -1.05. The number of phenols is 1. The summed E-state index contributed by atoms with van der Waals surface area (Å²) in [6, 6.07) is 6.44. The van der Waals surface area contributed by atoms with Crippen LogP contribution >= 0.6 is 0 Å². The van der Waals surface area contributed by atoms with Gasteiger partial charge in [-0.2, -0.15) is 5.10 Å². The fourth-order valence-electron chi connectivity index (χ4n) is 1.39. The molecule has 0 aliphatic rings. The molecule has 0 fully saturated rings. The molecular formula is C11H10N2O3. The van der Waals surface area contributed by atoms with Crippen molar-refractivity contribution in [1.82, 2.24) is 10.2 Å². The zero-order valence-corrected chi connectivity index (χ0v) is 8.56. The first kappa shape index (κ1) is 10.2. The highest BCUT2D eigenvalue weighted by Crippen LogP contribution is 2.24. The second-order valence-electron chi connectivity index (χ2n) is 3.47. The Labute approximate surface area is 91.4 Å². The van der Waals surface area contributed by atoms with Gasteiger partial charge in [0.15, 0.2) is 0 Å². The summed E-state index contributed by atoms with van der Waals surface area (Å²) in [4.78, 5) is 10.7. The number of nitrogens with zero attached hydrogens (tertiary/aromatic N) is 1. The van der Waals surface area contributed by atoms with Crippen LogP contribution in [0.15, 0.2) is 24.3 Å². The normalized spacial score (nSPS) is 10.3. The van der Waals surface area contributed by atoms with Gasteiger partial charge in [0.05, 0.1) is 5.69 Å². The van der Waals surface area contributed by atoms with Crippen molar-refractivity contribution in [2.75, 3.05) is 0 Å². The lowest BCUT2D eigenvalue weighted by molar-refractivity contribution is 0.0690. The molecule has 16 heavy (non-hydrogen) atoms. The van der Waals surface area contributed by atoms with Crippen LogP contribution in [0.5, 0.6) is 5.75 Å². The van der Waals surface area contributed by atoms with Gasteiger partial charge in [-0.15, -0.1) is 0 Å². The average Bonchev–Trinajstić information content (AvgIpc) is 2.71. The van der Waals surface area contributed by atoms with E-state index in [2.05, 4.69) is 10.2 Å². The third-order valence-corrected chi connectivity index (χ3v) is 2.30. The number of rotatable bonds is 2. The number of aromatic amines is 1. The maximum absolute atomic E-state index is 10.7. The molecule has 0 unspecified atom stereocenters. The van der Waals surface area contributed by atoms with E-state index < -0.39 is 5.97 Å². The quantitative estimate of drug-likeness (QED) is 0.717. The summed E-state index contributed by atoms with van der Waals surface area (Å²) in [6.07, 6.45) is 0. The summed E-state index contributed by atoms with van der Waals surface area (Å²) >= 11 is 0. The smallest absolute Gasteiger partial charge is 0.353 e. The molecule has 0 bridgehead atoms. The standard InChI is InChI=1S/C11H10N2O3/c1-6-4-7(2-3-10(6)14)8-5-9(11(15)16)13-12-8/h2-5,14H,1H3,(H,12,13)(H,15,16). The monoisotopic (exact) mass is 218 g/mol. The Bertz CT molecular complexity index is 546. The zero-order valence-electron chi connectivity index (χ0n) is 8.56. The van der Waals surface area contributed by atoms with Crippen LogP contribution in [0.4, 0.5) is 0 Å². The number of carbonyl (C=O) groups is 1. The van der Waals surface area contributed by atoms with Gasteiger partial charge in [0.2, 0.25) is 0 Å². The molecule has 0 saturated carbocycles. The minimum absolute atomic E-state index is 0.0423. The van der Waals surface area contributed by atoms with Gasteiger partial charge in [0.1, 0.15) is 11.4 Å². The molecule has 2 aromatic rings. The number of aryl methyl sites for hydroxylation is 1. The van der Waals surface area contributed by atoms with Gasteiger partial charge in [-0.1, -0.05) is 0 Å². The third-order valence-electron chi connectivity index (χ3n) is 2.30. The van der Waals surface area contributed by atoms with E-state index in [0.29, 0.717) is 5.69 Å². The fourth-order valence-corrected chi connectivity index (χ4v) is 1.39. The molecular weight excluding hydrogens is 208 g/mol. The number of hydrogen-bond acceptors (Lipinski definition) is 3. The highest BCUT2D eigenvalue weighted by Gasteiger charge is 2.09. The third kappa shape index (κ3) is 1.75. The van der Waals surface area contributed by atoms with Crippen LogP contribution in [0.2, 0.25) is 0 Å². The Morgan fingerprint density at radius 1 is 1.38 bits per heavy atom. The van der Waals surface area contributed by atoms with Crippen LogP contribution in [0, 0.1) is 6.92 Å². The van der Waals surface area contributed by atoms with Crippen molar-refractivity contribution in [3.63, 3.8) is 0 Å². The number of aromatic nitrogens is 2. The van der Waals surface area contributed by atoms with Crippen molar-refractivity contribution in [3.05, 3.63) is 35.5 Å². The fraction of sp³-hybridized carbons (Fsp3) is 0.0909. The van der Waals surface area contributed by atoms with Crippen LogP contribution in [0.25, 0.3) is 11.3 Å². The van der Waals surface area contributed by atoms with Crippen molar-refractivity contribution in [1.29, 1.82) is 0 Å². The van der Waals surface area contributed by atoms with E-state index in [1.54, 1.807) is 25.1 Å². The molecule has 0 spiro atoms. The largest absolute Gasteiger partial charge is 0.508 e. The number of carboxylic acids is 1. The molecule has 3 N–H and O–H groups in total. The molecule has 1 aromatic carbocycles. The van der Waals surface area contributed by atoms with Gasteiger partial charge in [-0.05, 0) is 36.8 Å². The first-order valence-electron chi connectivity index (χ1n) is 4.66. The number of aromatic hydroxyl groups is 1. The minimum Gasteiger partial charge on any atom is -0.508 e. The van der Waals surface area contributed by atoms with E-state index in [0.717, 1.165) is 11.1 Å². The molecule has 0 atom stereocenters. The molecule has 0 amide bonds. The Morgan fingerprint density at radius 3 is 2.69 bits per heavy atom. The molecule has 1 aromatic heterocycles. The molecule has 1 heterocycles. The molecule has 2 rings (SSSR count). The van der Waals surface area contributed by atoms with E-state index in [-0.39, 0.29) is 11.4 Å². The molecule has 0 radical (unpaired) electrons. The number of carboxylic acid groups (broad SMARTS) is 1. The van der Waals surface area contributed by atoms with Gasteiger partial charge >= 0.3 is 5.97 Å². The molecule has 5 nitrogen and oxygen atoms in total. The predicted octanol–water partition coefficient (Wildman–Crippen LogP) is 1.79. The van der Waals surface area contributed by atoms with Crippen molar-refractivity contribution in [2.45, 2.75) is 6.92 Å². The summed E-state index contributed by atoms with van der Waals surface area (Å²) in [5.41, 5.74) is 2.07. The van der Waals surface area contributed by atoms with Gasteiger partial charge in [-0.25, -0.2) is 4.79 Å². The lowest BCUT2D eigenvalue weighted by Crippen LogP contribution is -1.95.